The number of rotatable bonds is 9. The lowest BCUT2D eigenvalue weighted by Gasteiger charge is -2.20. The fourth-order valence-electron chi connectivity index (χ4n) is 2.81. The van der Waals surface area contributed by atoms with Gasteiger partial charge in [0, 0.05) is 5.25 Å². The van der Waals surface area contributed by atoms with E-state index < -0.39 is 5.60 Å². The first-order chi connectivity index (χ1) is 14.2. The number of esters is 2. The zero-order chi connectivity index (χ0) is 22.3. The number of carbonyl (C=O) groups excluding carboxylic acids is 2. The predicted molar refractivity (Wildman–Crippen MR) is 119 cm³/mol. The molecule has 1 unspecified atom stereocenters. The van der Waals surface area contributed by atoms with E-state index in [0.29, 0.717) is 17.7 Å². The highest BCUT2D eigenvalue weighted by Gasteiger charge is 2.25. The maximum atomic E-state index is 12.7. The highest BCUT2D eigenvalue weighted by Crippen LogP contribution is 2.32. The molecule has 7 heteroatoms. The van der Waals surface area contributed by atoms with Crippen LogP contribution in [0.25, 0.3) is 0 Å². The van der Waals surface area contributed by atoms with Crippen molar-refractivity contribution in [2.45, 2.75) is 63.0 Å². The Morgan fingerprint density at radius 1 is 1.23 bits per heavy atom. The third-order valence-corrected chi connectivity index (χ3v) is 5.77. The molecule has 0 N–H and O–H groups in total. The number of nitrogens with zero attached hydrogens (tertiary/aromatic N) is 2. The lowest BCUT2D eigenvalue weighted by Crippen LogP contribution is -2.24. The van der Waals surface area contributed by atoms with Crippen molar-refractivity contribution in [2.75, 3.05) is 7.11 Å². The van der Waals surface area contributed by atoms with Gasteiger partial charge >= 0.3 is 11.9 Å². The van der Waals surface area contributed by atoms with Crippen LogP contribution < -0.4 is 0 Å². The molecule has 0 amide bonds. The zero-order valence-electron chi connectivity index (χ0n) is 18.3. The minimum absolute atomic E-state index is 0.218. The van der Waals surface area contributed by atoms with Gasteiger partial charge in [0.05, 0.1) is 25.4 Å². The summed E-state index contributed by atoms with van der Waals surface area (Å²) >= 11 is 1.61. The number of methoxy groups -OCH3 is 1. The SMILES string of the molecule is C=CCn1ncc(C(=O)OC(C)(C)C)c1SC(CC)Cc1ccc(C(=O)OC)cc1. The van der Waals surface area contributed by atoms with Crippen molar-refractivity contribution in [2.24, 2.45) is 0 Å². The maximum Gasteiger partial charge on any atom is 0.343 e. The van der Waals surface area contributed by atoms with Crippen LogP contribution >= 0.6 is 11.8 Å². The molecule has 0 aliphatic heterocycles. The van der Waals surface area contributed by atoms with Gasteiger partial charge in [-0.1, -0.05) is 25.1 Å². The molecular weight excluding hydrogens is 400 g/mol. The highest BCUT2D eigenvalue weighted by atomic mass is 32.2. The predicted octanol–water partition coefficient (Wildman–Crippen LogP) is 4.92. The van der Waals surface area contributed by atoms with Gasteiger partial charge in [0.1, 0.15) is 16.2 Å². The molecule has 2 aromatic rings. The molecule has 0 radical (unpaired) electrons. The van der Waals surface area contributed by atoms with Crippen LogP contribution in [0.2, 0.25) is 0 Å². The standard InChI is InChI=1S/C23H30N2O4S/c1-7-13-25-20(19(15-24-25)22(27)29-23(3,4)5)30-18(8-2)14-16-9-11-17(12-10-16)21(26)28-6/h7,9-12,15,18H,1,8,13-14H2,2-6H3. The summed E-state index contributed by atoms with van der Waals surface area (Å²) in [5, 5.41) is 5.36. The van der Waals surface area contributed by atoms with Crippen LogP contribution in [0.5, 0.6) is 0 Å². The Labute approximate surface area is 182 Å². The van der Waals surface area contributed by atoms with Crippen molar-refractivity contribution in [1.82, 2.24) is 9.78 Å². The number of thioether (sulfide) groups is 1. The second-order valence-electron chi connectivity index (χ2n) is 7.88. The van der Waals surface area contributed by atoms with Gasteiger partial charge in [0.15, 0.2) is 0 Å². The molecule has 0 spiro atoms. The Bertz CT molecular complexity index is 882. The van der Waals surface area contributed by atoms with E-state index in [1.165, 1.54) is 7.11 Å². The quantitative estimate of drug-likeness (QED) is 0.319. The summed E-state index contributed by atoms with van der Waals surface area (Å²) < 4.78 is 12.1. The van der Waals surface area contributed by atoms with E-state index in [0.717, 1.165) is 23.4 Å². The molecule has 1 aromatic carbocycles. The Morgan fingerprint density at radius 3 is 2.43 bits per heavy atom. The molecule has 162 valence electrons. The molecule has 0 fully saturated rings. The minimum Gasteiger partial charge on any atom is -0.465 e. The summed E-state index contributed by atoms with van der Waals surface area (Å²) in [7, 11) is 1.37. The molecule has 0 aliphatic rings. The van der Waals surface area contributed by atoms with Crippen molar-refractivity contribution in [3.63, 3.8) is 0 Å². The number of aromatic nitrogens is 2. The van der Waals surface area contributed by atoms with Crippen LogP contribution in [-0.2, 0) is 22.4 Å². The van der Waals surface area contributed by atoms with E-state index >= 15 is 0 Å². The average Bonchev–Trinajstić information content (AvgIpc) is 3.09. The summed E-state index contributed by atoms with van der Waals surface area (Å²) in [5.74, 6) is -0.726. The van der Waals surface area contributed by atoms with Crippen LogP contribution in [0.3, 0.4) is 0 Å². The van der Waals surface area contributed by atoms with Gasteiger partial charge < -0.3 is 9.47 Å². The molecule has 0 bridgehead atoms. The minimum atomic E-state index is -0.578. The molecule has 0 saturated carbocycles. The average molecular weight is 431 g/mol. The van der Waals surface area contributed by atoms with Gasteiger partial charge in [-0.15, -0.1) is 18.3 Å². The summed E-state index contributed by atoms with van der Waals surface area (Å²) in [6.07, 6.45) is 5.01. The molecule has 2 rings (SSSR count). The van der Waals surface area contributed by atoms with Gasteiger partial charge in [-0.3, -0.25) is 4.68 Å². The first-order valence-electron chi connectivity index (χ1n) is 9.92. The molecule has 6 nitrogen and oxygen atoms in total. The first-order valence-corrected chi connectivity index (χ1v) is 10.8. The number of hydrogen-bond acceptors (Lipinski definition) is 6. The Balaban J connectivity index is 2.22. The third kappa shape index (κ3) is 6.49. The first kappa shape index (κ1) is 23.7. The molecule has 1 atom stereocenters. The molecule has 1 aromatic heterocycles. The normalized spacial score (nSPS) is 12.3. The van der Waals surface area contributed by atoms with Gasteiger partial charge in [-0.25, -0.2) is 9.59 Å². The van der Waals surface area contributed by atoms with Crippen molar-refractivity contribution < 1.29 is 19.1 Å². The molecule has 0 saturated heterocycles. The summed E-state index contributed by atoms with van der Waals surface area (Å²) in [5.41, 5.74) is 1.52. The second kappa shape index (κ2) is 10.5. The van der Waals surface area contributed by atoms with Gasteiger partial charge in [-0.2, -0.15) is 5.10 Å². The maximum absolute atomic E-state index is 12.7. The highest BCUT2D eigenvalue weighted by molar-refractivity contribution is 8.00. The van der Waals surface area contributed by atoms with Crippen LogP contribution in [-0.4, -0.2) is 39.7 Å². The van der Waals surface area contributed by atoms with Crippen molar-refractivity contribution in [3.8, 4) is 0 Å². The van der Waals surface area contributed by atoms with Crippen LogP contribution in [0, 0.1) is 0 Å². The van der Waals surface area contributed by atoms with Crippen molar-refractivity contribution in [3.05, 3.63) is 59.8 Å². The fraction of sp³-hybridized carbons (Fsp3) is 0.435. The lowest BCUT2D eigenvalue weighted by molar-refractivity contribution is 0.00649. The van der Waals surface area contributed by atoms with E-state index in [2.05, 4.69) is 18.6 Å². The van der Waals surface area contributed by atoms with Crippen LogP contribution in [0.4, 0.5) is 0 Å². The number of benzene rings is 1. The number of ether oxygens (including phenoxy) is 2. The fourth-order valence-corrected chi connectivity index (χ4v) is 4.07. The summed E-state index contributed by atoms with van der Waals surface area (Å²) in [4.78, 5) is 24.3. The number of allylic oxidation sites excluding steroid dienone is 1. The van der Waals surface area contributed by atoms with Gasteiger partial charge in [0.25, 0.3) is 0 Å². The van der Waals surface area contributed by atoms with Crippen LogP contribution in [0.15, 0.2) is 48.1 Å². The van der Waals surface area contributed by atoms with Gasteiger partial charge in [-0.05, 0) is 51.3 Å². The number of hydrogen-bond donors (Lipinski definition) is 0. The Morgan fingerprint density at radius 2 is 1.90 bits per heavy atom. The molecular formula is C23H30N2O4S. The summed E-state index contributed by atoms with van der Waals surface area (Å²) in [6, 6.07) is 7.41. The van der Waals surface area contributed by atoms with E-state index in [-0.39, 0.29) is 17.2 Å². The molecule has 30 heavy (non-hydrogen) atoms. The Hall–Kier alpha value is -2.54. The second-order valence-corrected chi connectivity index (χ2v) is 9.17. The largest absolute Gasteiger partial charge is 0.465 e. The smallest absolute Gasteiger partial charge is 0.343 e. The topological polar surface area (TPSA) is 70.4 Å². The number of carbonyl (C=O) groups is 2. The Kier molecular flexibility index (Phi) is 8.29. The molecule has 0 aliphatic carbocycles. The lowest BCUT2D eigenvalue weighted by atomic mass is 10.1. The third-order valence-electron chi connectivity index (χ3n) is 4.28. The monoisotopic (exact) mass is 430 g/mol. The van der Waals surface area contributed by atoms with E-state index in [4.69, 9.17) is 9.47 Å². The van der Waals surface area contributed by atoms with Crippen LogP contribution in [0.1, 0.15) is 60.4 Å². The zero-order valence-corrected chi connectivity index (χ0v) is 19.1. The van der Waals surface area contributed by atoms with Gasteiger partial charge in [0.2, 0.25) is 0 Å². The molecule has 1 heterocycles. The van der Waals surface area contributed by atoms with Crippen molar-refractivity contribution in [1.29, 1.82) is 0 Å². The summed E-state index contributed by atoms with van der Waals surface area (Å²) in [6.45, 7) is 11.9. The van der Waals surface area contributed by atoms with E-state index in [9.17, 15) is 9.59 Å². The van der Waals surface area contributed by atoms with E-state index in [1.54, 1.807) is 40.8 Å². The van der Waals surface area contributed by atoms with Crippen molar-refractivity contribution >= 4 is 23.7 Å². The van der Waals surface area contributed by atoms with E-state index in [1.807, 2.05) is 32.9 Å².